The number of benzene rings is 1. The van der Waals surface area contributed by atoms with E-state index in [-0.39, 0.29) is 24.8 Å². The van der Waals surface area contributed by atoms with Crippen molar-refractivity contribution in [2.45, 2.75) is 6.42 Å². The molecule has 1 aromatic carbocycles. The van der Waals surface area contributed by atoms with Crippen molar-refractivity contribution in [1.29, 1.82) is 0 Å². The lowest BCUT2D eigenvalue weighted by atomic mass is 10.1. The van der Waals surface area contributed by atoms with Crippen LogP contribution in [0.25, 0.3) is 0 Å². The van der Waals surface area contributed by atoms with Gasteiger partial charge in [0, 0.05) is 33.3 Å². The van der Waals surface area contributed by atoms with Crippen LogP contribution in [0, 0.1) is 0 Å². The van der Waals surface area contributed by atoms with Crippen molar-refractivity contribution < 1.29 is 19.1 Å². The number of carbonyl (C=O) groups is 2. The van der Waals surface area contributed by atoms with E-state index >= 15 is 0 Å². The van der Waals surface area contributed by atoms with E-state index in [9.17, 15) is 9.59 Å². The number of aromatic nitrogens is 1. The predicted molar refractivity (Wildman–Crippen MR) is 110 cm³/mol. The maximum atomic E-state index is 12.2. The molecule has 0 spiro atoms. The van der Waals surface area contributed by atoms with Crippen molar-refractivity contribution in [3.05, 3.63) is 48.2 Å². The molecule has 1 aliphatic rings. The molecule has 0 bridgehead atoms. The molecule has 1 fully saturated rings. The summed E-state index contributed by atoms with van der Waals surface area (Å²) in [5.74, 6) is 1.50. The Morgan fingerprint density at radius 1 is 1.03 bits per heavy atom. The average molecular weight is 398 g/mol. The van der Waals surface area contributed by atoms with Gasteiger partial charge in [0.25, 0.3) is 0 Å². The van der Waals surface area contributed by atoms with Crippen molar-refractivity contribution >= 4 is 23.3 Å². The van der Waals surface area contributed by atoms with Crippen molar-refractivity contribution in [2.75, 3.05) is 57.2 Å². The number of amides is 2. The summed E-state index contributed by atoms with van der Waals surface area (Å²) in [5, 5.41) is 2.87. The van der Waals surface area contributed by atoms with Crippen molar-refractivity contribution in [3.63, 3.8) is 0 Å². The van der Waals surface area contributed by atoms with Gasteiger partial charge in [-0.25, -0.2) is 4.98 Å². The number of hydrogen-bond acceptors (Lipinski definition) is 6. The van der Waals surface area contributed by atoms with E-state index in [0.29, 0.717) is 31.9 Å². The van der Waals surface area contributed by atoms with Crippen LogP contribution >= 0.6 is 0 Å². The molecule has 8 nitrogen and oxygen atoms in total. The molecule has 0 radical (unpaired) electrons. The van der Waals surface area contributed by atoms with Gasteiger partial charge in [-0.05, 0) is 29.8 Å². The van der Waals surface area contributed by atoms with Crippen molar-refractivity contribution in [2.24, 2.45) is 0 Å². The second-order valence-electron chi connectivity index (χ2n) is 6.78. The van der Waals surface area contributed by atoms with Gasteiger partial charge in [-0.1, -0.05) is 12.1 Å². The van der Waals surface area contributed by atoms with Crippen molar-refractivity contribution in [1.82, 2.24) is 9.88 Å². The lowest BCUT2D eigenvalue weighted by molar-refractivity contribution is -0.135. The van der Waals surface area contributed by atoms with Crippen LogP contribution in [-0.4, -0.2) is 68.7 Å². The highest BCUT2D eigenvalue weighted by Crippen LogP contribution is 2.17. The smallest absolute Gasteiger partial charge is 0.248 e. The summed E-state index contributed by atoms with van der Waals surface area (Å²) in [7, 11) is 3.13. The Balaban J connectivity index is 1.49. The first-order valence-electron chi connectivity index (χ1n) is 9.49. The number of rotatable bonds is 7. The van der Waals surface area contributed by atoms with Gasteiger partial charge in [0.05, 0.1) is 25.4 Å². The Hall–Kier alpha value is -3.13. The van der Waals surface area contributed by atoms with Gasteiger partial charge >= 0.3 is 0 Å². The fraction of sp³-hybridized carbons (Fsp3) is 0.381. The third kappa shape index (κ3) is 5.68. The second-order valence-corrected chi connectivity index (χ2v) is 6.78. The topological polar surface area (TPSA) is 84.0 Å². The maximum absolute atomic E-state index is 12.2. The molecule has 2 amide bonds. The van der Waals surface area contributed by atoms with E-state index in [1.54, 1.807) is 18.2 Å². The number of anilines is 2. The molecule has 8 heteroatoms. The van der Waals surface area contributed by atoms with E-state index in [2.05, 4.69) is 15.2 Å². The minimum Gasteiger partial charge on any atom is -0.497 e. The van der Waals surface area contributed by atoms with Crippen LogP contribution in [0.4, 0.5) is 11.5 Å². The van der Waals surface area contributed by atoms with Gasteiger partial charge in [-0.3, -0.25) is 9.59 Å². The van der Waals surface area contributed by atoms with E-state index in [1.165, 1.54) is 7.11 Å². The van der Waals surface area contributed by atoms with E-state index in [1.807, 2.05) is 36.4 Å². The summed E-state index contributed by atoms with van der Waals surface area (Å²) in [6.45, 7) is 2.83. The summed E-state index contributed by atoms with van der Waals surface area (Å²) < 4.78 is 10.0. The zero-order valence-electron chi connectivity index (χ0n) is 16.8. The highest BCUT2D eigenvalue weighted by molar-refractivity contribution is 5.92. The maximum Gasteiger partial charge on any atom is 0.248 e. The number of nitrogens with one attached hydrogen (secondary N) is 1. The molecule has 1 saturated heterocycles. The standard InChI is InChI=1S/C21H26N4O4/c1-28-15-21(27)25-11-9-24(10-12-25)19-8-5-17(14-22-19)23-20(26)13-16-3-6-18(29-2)7-4-16/h3-8,14H,9-13,15H2,1-2H3,(H,23,26). The number of methoxy groups -OCH3 is 2. The highest BCUT2D eigenvalue weighted by atomic mass is 16.5. The van der Waals surface area contributed by atoms with Crippen LogP contribution in [0.5, 0.6) is 5.75 Å². The fourth-order valence-electron chi connectivity index (χ4n) is 3.18. The Morgan fingerprint density at radius 3 is 2.34 bits per heavy atom. The molecule has 1 N–H and O–H groups in total. The third-order valence-corrected chi connectivity index (χ3v) is 4.78. The van der Waals surface area contributed by atoms with Gasteiger partial charge in [-0.2, -0.15) is 0 Å². The number of carbonyl (C=O) groups excluding carboxylic acids is 2. The van der Waals surface area contributed by atoms with Crippen LogP contribution in [0.3, 0.4) is 0 Å². The predicted octanol–water partition coefficient (Wildman–Crippen LogP) is 1.57. The summed E-state index contributed by atoms with van der Waals surface area (Å²) in [6, 6.07) is 11.1. The second kappa shape index (κ2) is 9.88. The summed E-state index contributed by atoms with van der Waals surface area (Å²) in [5.41, 5.74) is 1.56. The summed E-state index contributed by atoms with van der Waals surface area (Å²) in [6.07, 6.45) is 1.94. The zero-order valence-corrected chi connectivity index (χ0v) is 16.8. The molecule has 0 saturated carbocycles. The molecule has 0 aliphatic carbocycles. The normalized spacial score (nSPS) is 13.9. The van der Waals surface area contributed by atoms with E-state index in [0.717, 1.165) is 17.1 Å². The SMILES string of the molecule is COCC(=O)N1CCN(c2ccc(NC(=O)Cc3ccc(OC)cc3)cn2)CC1. The van der Waals surface area contributed by atoms with Gasteiger partial charge in [0.1, 0.15) is 18.2 Å². The molecule has 0 atom stereocenters. The quantitative estimate of drug-likeness (QED) is 0.762. The highest BCUT2D eigenvalue weighted by Gasteiger charge is 2.21. The van der Waals surface area contributed by atoms with Crippen molar-refractivity contribution in [3.8, 4) is 5.75 Å². The first kappa shape index (κ1) is 20.6. The van der Waals surface area contributed by atoms with Crippen LogP contribution in [0.2, 0.25) is 0 Å². The minimum atomic E-state index is -0.102. The third-order valence-electron chi connectivity index (χ3n) is 4.78. The number of ether oxygens (including phenoxy) is 2. The number of piperazine rings is 1. The Labute approximate surface area is 170 Å². The lowest BCUT2D eigenvalue weighted by Gasteiger charge is -2.35. The van der Waals surface area contributed by atoms with Crippen LogP contribution in [-0.2, 0) is 20.7 Å². The molecular formula is C21H26N4O4. The molecule has 2 heterocycles. The largest absolute Gasteiger partial charge is 0.497 e. The number of nitrogens with zero attached hydrogens (tertiary/aromatic N) is 3. The molecule has 0 unspecified atom stereocenters. The van der Waals surface area contributed by atoms with Gasteiger partial charge in [0.15, 0.2) is 0 Å². The molecule has 3 rings (SSSR count). The molecule has 154 valence electrons. The molecule has 1 aromatic heterocycles. The Kier molecular flexibility index (Phi) is 7.02. The van der Waals surface area contributed by atoms with Gasteiger partial charge < -0.3 is 24.6 Å². The van der Waals surface area contributed by atoms with Gasteiger partial charge in [0.2, 0.25) is 11.8 Å². The van der Waals surface area contributed by atoms with Gasteiger partial charge in [-0.15, -0.1) is 0 Å². The fourth-order valence-corrected chi connectivity index (χ4v) is 3.18. The van der Waals surface area contributed by atoms with Crippen LogP contribution in [0.1, 0.15) is 5.56 Å². The van der Waals surface area contributed by atoms with Crippen LogP contribution < -0.4 is 15.0 Å². The molecule has 2 aromatic rings. The van der Waals surface area contributed by atoms with E-state index in [4.69, 9.17) is 9.47 Å². The lowest BCUT2D eigenvalue weighted by Crippen LogP contribution is -2.49. The molecule has 29 heavy (non-hydrogen) atoms. The molecular weight excluding hydrogens is 372 g/mol. The first-order chi connectivity index (χ1) is 14.1. The number of hydrogen-bond donors (Lipinski definition) is 1. The average Bonchev–Trinajstić information content (AvgIpc) is 2.75. The minimum absolute atomic E-state index is 0.00929. The zero-order chi connectivity index (χ0) is 20.6. The van der Waals surface area contributed by atoms with E-state index < -0.39 is 0 Å². The Bertz CT molecular complexity index is 816. The monoisotopic (exact) mass is 398 g/mol. The summed E-state index contributed by atoms with van der Waals surface area (Å²) in [4.78, 5) is 32.5. The first-order valence-corrected chi connectivity index (χ1v) is 9.49. The molecule has 1 aliphatic heterocycles. The summed E-state index contributed by atoms with van der Waals surface area (Å²) >= 11 is 0. The van der Waals surface area contributed by atoms with Crippen LogP contribution in [0.15, 0.2) is 42.6 Å². The Morgan fingerprint density at radius 2 is 1.76 bits per heavy atom. The number of pyridine rings is 1.